The molecule has 0 aliphatic carbocycles. The number of anilines is 1. The zero-order chi connectivity index (χ0) is 22.2. The second-order valence-electron chi connectivity index (χ2n) is 6.36. The maximum atomic E-state index is 13.7. The number of carbonyl (C=O) groups excluding carboxylic acids is 1. The van der Waals surface area contributed by atoms with E-state index >= 15 is 0 Å². The van der Waals surface area contributed by atoms with Crippen LogP contribution in [0.5, 0.6) is 5.75 Å². The molecule has 11 heteroatoms. The van der Waals surface area contributed by atoms with Gasteiger partial charge in [0.25, 0.3) is 11.7 Å². The number of ether oxygens (including phenoxy) is 1. The summed E-state index contributed by atoms with van der Waals surface area (Å²) in [5.41, 5.74) is -0.324. The van der Waals surface area contributed by atoms with Crippen molar-refractivity contribution in [2.45, 2.75) is 6.18 Å². The molecular formula is C20H13ClF3N5O2. The molecule has 158 valence electrons. The van der Waals surface area contributed by atoms with Gasteiger partial charge in [-0.1, -0.05) is 17.7 Å². The molecule has 0 unspecified atom stereocenters. The highest BCUT2D eigenvalue weighted by Crippen LogP contribution is 2.32. The predicted octanol–water partition coefficient (Wildman–Crippen LogP) is 4.72. The van der Waals surface area contributed by atoms with Crippen molar-refractivity contribution in [2.75, 3.05) is 12.4 Å². The minimum Gasteiger partial charge on any atom is -0.497 e. The molecule has 2 aromatic heterocycles. The molecule has 0 saturated carbocycles. The smallest absolute Gasteiger partial charge is 0.433 e. The maximum absolute atomic E-state index is 13.7. The van der Waals surface area contributed by atoms with Crippen LogP contribution in [-0.4, -0.2) is 32.6 Å². The summed E-state index contributed by atoms with van der Waals surface area (Å²) in [5.74, 6) is -1.09. The summed E-state index contributed by atoms with van der Waals surface area (Å²) in [6.07, 6.45) is -4.75. The fourth-order valence-electron chi connectivity index (χ4n) is 2.83. The third-order valence-electron chi connectivity index (χ3n) is 4.27. The van der Waals surface area contributed by atoms with Crippen LogP contribution in [0.4, 0.5) is 18.9 Å². The van der Waals surface area contributed by atoms with Crippen LogP contribution in [0.3, 0.4) is 0 Å². The van der Waals surface area contributed by atoms with E-state index in [0.29, 0.717) is 26.5 Å². The van der Waals surface area contributed by atoms with Gasteiger partial charge in [0, 0.05) is 16.3 Å². The van der Waals surface area contributed by atoms with Gasteiger partial charge in [-0.3, -0.25) is 4.79 Å². The third kappa shape index (κ3) is 4.29. The number of carbonyl (C=O) groups is 1. The molecule has 0 atom stereocenters. The van der Waals surface area contributed by atoms with Gasteiger partial charge in [-0.05, 0) is 48.5 Å². The fourth-order valence-corrected chi connectivity index (χ4v) is 3.02. The molecule has 2 heterocycles. The van der Waals surface area contributed by atoms with Crippen molar-refractivity contribution < 1.29 is 22.7 Å². The second kappa shape index (κ2) is 7.88. The summed E-state index contributed by atoms with van der Waals surface area (Å²) in [4.78, 5) is 20.5. The molecule has 0 aliphatic heterocycles. The van der Waals surface area contributed by atoms with Crippen molar-refractivity contribution in [1.82, 2.24) is 19.6 Å². The fraction of sp³-hybridized carbons (Fsp3) is 0.100. The van der Waals surface area contributed by atoms with Crippen LogP contribution in [0.15, 0.2) is 54.6 Å². The number of hydrogen-bond donors (Lipinski definition) is 1. The number of benzene rings is 2. The Bertz CT molecular complexity index is 1270. The van der Waals surface area contributed by atoms with Crippen molar-refractivity contribution in [1.29, 1.82) is 0 Å². The third-order valence-corrected chi connectivity index (χ3v) is 4.51. The minimum atomic E-state index is -4.75. The topological polar surface area (TPSA) is 81.4 Å². The molecular weight excluding hydrogens is 435 g/mol. The average Bonchev–Trinajstić information content (AvgIpc) is 3.16. The van der Waals surface area contributed by atoms with Crippen molar-refractivity contribution in [3.63, 3.8) is 0 Å². The Labute approximate surface area is 178 Å². The number of methoxy groups -OCH3 is 1. The van der Waals surface area contributed by atoms with Crippen molar-refractivity contribution in [3.8, 4) is 17.0 Å². The van der Waals surface area contributed by atoms with E-state index in [0.717, 1.165) is 6.07 Å². The molecule has 0 spiro atoms. The number of aromatic nitrogens is 4. The molecule has 1 amide bonds. The highest BCUT2D eigenvalue weighted by atomic mass is 35.5. The Morgan fingerprint density at radius 3 is 2.48 bits per heavy atom. The standard InChI is InChI=1S/C20H13ClF3N5O2/c1-31-14-7-5-11(6-8-14)15-10-16(20(22,23)24)29-19(26-15)27-17(28-29)18(30)25-13-4-2-3-12(21)9-13/h2-10H,1H3,(H,25,30). The summed E-state index contributed by atoms with van der Waals surface area (Å²) in [6.45, 7) is 0. The van der Waals surface area contributed by atoms with E-state index in [1.54, 1.807) is 42.5 Å². The Hall–Kier alpha value is -3.66. The highest BCUT2D eigenvalue weighted by molar-refractivity contribution is 6.30. The van der Waals surface area contributed by atoms with E-state index < -0.39 is 23.6 Å². The highest BCUT2D eigenvalue weighted by Gasteiger charge is 2.36. The van der Waals surface area contributed by atoms with Crippen LogP contribution < -0.4 is 10.1 Å². The molecule has 7 nitrogen and oxygen atoms in total. The van der Waals surface area contributed by atoms with E-state index in [4.69, 9.17) is 16.3 Å². The molecule has 0 aliphatic rings. The number of rotatable bonds is 4. The van der Waals surface area contributed by atoms with Gasteiger partial charge in [-0.15, -0.1) is 5.10 Å². The number of amides is 1. The van der Waals surface area contributed by atoms with Gasteiger partial charge in [0.2, 0.25) is 5.82 Å². The molecule has 0 bridgehead atoms. The molecule has 4 rings (SSSR count). The normalized spacial score (nSPS) is 11.5. The van der Waals surface area contributed by atoms with E-state index in [9.17, 15) is 18.0 Å². The van der Waals surface area contributed by atoms with Crippen LogP contribution in [-0.2, 0) is 6.18 Å². The first-order valence-corrected chi connectivity index (χ1v) is 9.19. The van der Waals surface area contributed by atoms with Crippen LogP contribution in [0, 0.1) is 0 Å². The largest absolute Gasteiger partial charge is 0.497 e. The Morgan fingerprint density at radius 2 is 1.84 bits per heavy atom. The van der Waals surface area contributed by atoms with Crippen LogP contribution in [0.1, 0.15) is 16.3 Å². The van der Waals surface area contributed by atoms with Gasteiger partial charge >= 0.3 is 6.18 Å². The molecule has 0 saturated heterocycles. The van der Waals surface area contributed by atoms with E-state index in [1.807, 2.05) is 0 Å². The Morgan fingerprint density at radius 1 is 1.10 bits per heavy atom. The minimum absolute atomic E-state index is 0.0247. The lowest BCUT2D eigenvalue weighted by Crippen LogP contribution is -2.16. The van der Waals surface area contributed by atoms with E-state index in [-0.39, 0.29) is 11.5 Å². The molecule has 0 radical (unpaired) electrons. The lowest BCUT2D eigenvalue weighted by molar-refractivity contribution is -0.142. The number of halogens is 4. The lowest BCUT2D eigenvalue weighted by Gasteiger charge is -2.10. The van der Waals surface area contributed by atoms with Crippen molar-refractivity contribution in [2.24, 2.45) is 0 Å². The molecule has 2 aromatic carbocycles. The van der Waals surface area contributed by atoms with Crippen LogP contribution in [0.25, 0.3) is 17.0 Å². The summed E-state index contributed by atoms with van der Waals surface area (Å²) in [5, 5.41) is 6.59. The first kappa shape index (κ1) is 20.6. The number of alkyl halides is 3. The number of nitrogens with one attached hydrogen (secondary N) is 1. The van der Waals surface area contributed by atoms with Crippen molar-refractivity contribution in [3.05, 3.63) is 71.1 Å². The van der Waals surface area contributed by atoms with Gasteiger partial charge in [0.05, 0.1) is 12.8 Å². The summed E-state index contributed by atoms with van der Waals surface area (Å²) in [7, 11) is 1.48. The summed E-state index contributed by atoms with van der Waals surface area (Å²) >= 11 is 5.87. The van der Waals surface area contributed by atoms with Gasteiger partial charge in [0.1, 0.15) is 5.75 Å². The number of nitrogens with zero attached hydrogens (tertiary/aromatic N) is 4. The number of hydrogen-bond acceptors (Lipinski definition) is 5. The number of fused-ring (bicyclic) bond motifs is 1. The monoisotopic (exact) mass is 447 g/mol. The second-order valence-corrected chi connectivity index (χ2v) is 6.80. The van der Waals surface area contributed by atoms with Gasteiger partial charge < -0.3 is 10.1 Å². The molecule has 31 heavy (non-hydrogen) atoms. The zero-order valence-corrected chi connectivity index (χ0v) is 16.6. The predicted molar refractivity (Wildman–Crippen MR) is 107 cm³/mol. The Balaban J connectivity index is 1.77. The van der Waals surface area contributed by atoms with E-state index in [2.05, 4.69) is 20.4 Å². The first-order chi connectivity index (χ1) is 14.7. The SMILES string of the molecule is COc1ccc(-c2cc(C(F)(F)F)n3nc(C(=O)Nc4cccc(Cl)c4)nc3n2)cc1. The summed E-state index contributed by atoms with van der Waals surface area (Å²) in [6, 6.07) is 13.5. The van der Waals surface area contributed by atoms with Crippen LogP contribution in [0.2, 0.25) is 5.02 Å². The molecule has 4 aromatic rings. The molecule has 1 N–H and O–H groups in total. The van der Waals surface area contributed by atoms with Crippen molar-refractivity contribution >= 4 is 29.0 Å². The lowest BCUT2D eigenvalue weighted by atomic mass is 10.1. The average molecular weight is 448 g/mol. The summed E-state index contributed by atoms with van der Waals surface area (Å²) < 4.78 is 46.6. The maximum Gasteiger partial charge on any atom is 0.433 e. The zero-order valence-electron chi connectivity index (χ0n) is 15.8. The first-order valence-electron chi connectivity index (χ1n) is 8.81. The van der Waals surface area contributed by atoms with Gasteiger partial charge in [-0.2, -0.15) is 22.7 Å². The Kier molecular flexibility index (Phi) is 5.24. The quantitative estimate of drug-likeness (QED) is 0.489. The van der Waals surface area contributed by atoms with Crippen LogP contribution >= 0.6 is 11.6 Å². The van der Waals surface area contributed by atoms with Gasteiger partial charge in [0.15, 0.2) is 5.69 Å². The molecule has 0 fully saturated rings. The van der Waals surface area contributed by atoms with Gasteiger partial charge in [-0.25, -0.2) is 4.98 Å². The van der Waals surface area contributed by atoms with E-state index in [1.165, 1.54) is 13.2 Å².